The first-order chi connectivity index (χ1) is 9.31. The average molecular weight is 261 g/mol. The van der Waals surface area contributed by atoms with Gasteiger partial charge in [0, 0.05) is 12.5 Å². The van der Waals surface area contributed by atoms with Gasteiger partial charge < -0.3 is 10.4 Å². The van der Waals surface area contributed by atoms with Gasteiger partial charge in [-0.05, 0) is 24.8 Å². The number of aliphatic hydroxyl groups is 1. The molecule has 0 aromatic heterocycles. The number of rotatable bonds is 5. The summed E-state index contributed by atoms with van der Waals surface area (Å²) in [6.07, 6.45) is 6.16. The van der Waals surface area contributed by atoms with Crippen LogP contribution in [0.2, 0.25) is 0 Å². The van der Waals surface area contributed by atoms with E-state index in [9.17, 15) is 4.79 Å². The van der Waals surface area contributed by atoms with Crippen LogP contribution in [0, 0.1) is 5.92 Å². The minimum absolute atomic E-state index is 0.0689. The molecular weight excluding hydrogens is 238 g/mol. The van der Waals surface area contributed by atoms with Gasteiger partial charge in [0.2, 0.25) is 5.91 Å². The van der Waals surface area contributed by atoms with E-state index in [1.54, 1.807) is 0 Å². The van der Waals surface area contributed by atoms with E-state index in [-0.39, 0.29) is 24.5 Å². The summed E-state index contributed by atoms with van der Waals surface area (Å²) in [5, 5.41) is 12.3. The van der Waals surface area contributed by atoms with Crippen LogP contribution in [0.15, 0.2) is 30.3 Å². The largest absolute Gasteiger partial charge is 0.396 e. The molecule has 0 spiro atoms. The van der Waals surface area contributed by atoms with E-state index in [1.165, 1.54) is 6.42 Å². The summed E-state index contributed by atoms with van der Waals surface area (Å²) in [6.45, 7) is 0.0878. The lowest BCUT2D eigenvalue weighted by atomic mass is 9.88. The third-order valence-electron chi connectivity index (χ3n) is 3.91. The molecule has 3 heteroatoms. The van der Waals surface area contributed by atoms with Gasteiger partial charge in [0.15, 0.2) is 0 Å². The Kier molecular flexibility index (Phi) is 5.40. The normalized spacial score (nSPS) is 17.9. The van der Waals surface area contributed by atoms with Crippen molar-refractivity contribution in [2.75, 3.05) is 6.61 Å². The molecule has 2 rings (SSSR count). The Balaban J connectivity index is 1.98. The minimum atomic E-state index is -0.0689. The Labute approximate surface area is 115 Å². The maximum Gasteiger partial charge on any atom is 0.223 e. The van der Waals surface area contributed by atoms with Crippen molar-refractivity contribution in [3.05, 3.63) is 35.9 Å². The van der Waals surface area contributed by atoms with Crippen LogP contribution in [0.4, 0.5) is 0 Å². The quantitative estimate of drug-likeness (QED) is 0.856. The highest BCUT2D eigenvalue weighted by Gasteiger charge is 2.23. The second-order valence-corrected chi connectivity index (χ2v) is 5.32. The summed E-state index contributed by atoms with van der Waals surface area (Å²) in [5.74, 6) is 0.320. The van der Waals surface area contributed by atoms with Crippen LogP contribution >= 0.6 is 0 Å². The molecule has 0 radical (unpaired) electrons. The molecule has 1 aliphatic rings. The molecule has 1 saturated carbocycles. The van der Waals surface area contributed by atoms with Gasteiger partial charge in [-0.15, -0.1) is 0 Å². The molecule has 0 heterocycles. The topological polar surface area (TPSA) is 49.3 Å². The molecular formula is C16H23NO2. The van der Waals surface area contributed by atoms with Gasteiger partial charge in [-0.2, -0.15) is 0 Å². The second-order valence-electron chi connectivity index (χ2n) is 5.32. The summed E-state index contributed by atoms with van der Waals surface area (Å²) in [7, 11) is 0. The Morgan fingerprint density at radius 3 is 2.53 bits per heavy atom. The smallest absolute Gasteiger partial charge is 0.223 e. The highest BCUT2D eigenvalue weighted by molar-refractivity contribution is 5.79. The molecule has 2 N–H and O–H groups in total. The van der Waals surface area contributed by atoms with Gasteiger partial charge in [0.25, 0.3) is 0 Å². The van der Waals surface area contributed by atoms with Crippen molar-refractivity contribution in [1.29, 1.82) is 0 Å². The van der Waals surface area contributed by atoms with E-state index in [0.717, 1.165) is 31.2 Å². The van der Waals surface area contributed by atoms with Crippen LogP contribution in [0.25, 0.3) is 0 Å². The fourth-order valence-corrected chi connectivity index (χ4v) is 2.79. The van der Waals surface area contributed by atoms with Gasteiger partial charge in [-0.3, -0.25) is 4.79 Å². The molecule has 19 heavy (non-hydrogen) atoms. The van der Waals surface area contributed by atoms with Crippen LogP contribution < -0.4 is 5.32 Å². The minimum Gasteiger partial charge on any atom is -0.396 e. The van der Waals surface area contributed by atoms with Gasteiger partial charge in [-0.1, -0.05) is 49.6 Å². The molecule has 1 amide bonds. The van der Waals surface area contributed by atoms with Gasteiger partial charge in [0.05, 0.1) is 6.04 Å². The predicted octanol–water partition coefficient (Wildman–Crippen LogP) is 2.81. The summed E-state index contributed by atoms with van der Waals surface area (Å²) < 4.78 is 0. The van der Waals surface area contributed by atoms with Crippen LogP contribution in [-0.4, -0.2) is 17.6 Å². The fraction of sp³-hybridized carbons (Fsp3) is 0.562. The number of carbonyl (C=O) groups is 1. The van der Waals surface area contributed by atoms with Gasteiger partial charge in [-0.25, -0.2) is 0 Å². The van der Waals surface area contributed by atoms with Gasteiger partial charge in [0.1, 0.15) is 0 Å². The number of nitrogens with one attached hydrogen (secondary N) is 1. The molecule has 0 saturated heterocycles. The van der Waals surface area contributed by atoms with Crippen molar-refractivity contribution in [3.8, 4) is 0 Å². The first kappa shape index (κ1) is 14.1. The van der Waals surface area contributed by atoms with E-state index >= 15 is 0 Å². The molecule has 1 atom stereocenters. The third-order valence-corrected chi connectivity index (χ3v) is 3.91. The lowest BCUT2D eigenvalue weighted by molar-refractivity contribution is -0.126. The van der Waals surface area contributed by atoms with E-state index in [1.807, 2.05) is 30.3 Å². The van der Waals surface area contributed by atoms with E-state index in [2.05, 4.69) is 5.32 Å². The molecule has 0 bridgehead atoms. The van der Waals surface area contributed by atoms with E-state index in [4.69, 9.17) is 5.11 Å². The molecule has 1 aromatic carbocycles. The Morgan fingerprint density at radius 1 is 1.21 bits per heavy atom. The highest BCUT2D eigenvalue weighted by atomic mass is 16.3. The molecule has 0 aliphatic heterocycles. The molecule has 1 unspecified atom stereocenters. The zero-order chi connectivity index (χ0) is 13.5. The van der Waals surface area contributed by atoms with Crippen molar-refractivity contribution in [3.63, 3.8) is 0 Å². The summed E-state index contributed by atoms with van der Waals surface area (Å²) in [4.78, 5) is 12.3. The number of hydrogen-bond donors (Lipinski definition) is 2. The fourth-order valence-electron chi connectivity index (χ4n) is 2.79. The first-order valence-corrected chi connectivity index (χ1v) is 7.27. The van der Waals surface area contributed by atoms with Crippen molar-refractivity contribution >= 4 is 5.91 Å². The van der Waals surface area contributed by atoms with Crippen molar-refractivity contribution in [2.45, 2.75) is 44.6 Å². The first-order valence-electron chi connectivity index (χ1n) is 7.27. The third kappa shape index (κ3) is 4.06. The van der Waals surface area contributed by atoms with Crippen molar-refractivity contribution < 1.29 is 9.90 Å². The van der Waals surface area contributed by atoms with Crippen LogP contribution in [0.3, 0.4) is 0 Å². The Morgan fingerprint density at radius 2 is 1.89 bits per heavy atom. The molecule has 1 aliphatic carbocycles. The zero-order valence-electron chi connectivity index (χ0n) is 11.3. The van der Waals surface area contributed by atoms with Crippen LogP contribution in [0.5, 0.6) is 0 Å². The maximum atomic E-state index is 12.3. The molecule has 3 nitrogen and oxygen atoms in total. The average Bonchev–Trinajstić information content (AvgIpc) is 2.48. The zero-order valence-corrected chi connectivity index (χ0v) is 11.3. The van der Waals surface area contributed by atoms with Crippen LogP contribution in [0.1, 0.15) is 50.1 Å². The monoisotopic (exact) mass is 261 g/mol. The van der Waals surface area contributed by atoms with Crippen molar-refractivity contribution in [1.82, 2.24) is 5.32 Å². The van der Waals surface area contributed by atoms with Gasteiger partial charge >= 0.3 is 0 Å². The van der Waals surface area contributed by atoms with Crippen molar-refractivity contribution in [2.24, 2.45) is 5.92 Å². The maximum absolute atomic E-state index is 12.3. The SMILES string of the molecule is O=C(NC(CCO)c1ccccc1)C1CCCCC1. The number of carbonyl (C=O) groups excluding carboxylic acids is 1. The summed E-state index contributed by atoms with van der Waals surface area (Å²) in [6, 6.07) is 9.82. The second kappa shape index (κ2) is 7.29. The lowest BCUT2D eigenvalue weighted by Gasteiger charge is -2.25. The van der Waals surface area contributed by atoms with Crippen LogP contribution in [-0.2, 0) is 4.79 Å². The highest BCUT2D eigenvalue weighted by Crippen LogP contribution is 2.25. The molecule has 1 aromatic rings. The molecule has 1 fully saturated rings. The lowest BCUT2D eigenvalue weighted by Crippen LogP contribution is -2.35. The Hall–Kier alpha value is -1.35. The standard InChI is InChI=1S/C16H23NO2/c18-12-11-15(13-7-3-1-4-8-13)17-16(19)14-9-5-2-6-10-14/h1,3-4,7-8,14-15,18H,2,5-6,9-12H2,(H,17,19). The summed E-state index contributed by atoms with van der Waals surface area (Å²) in [5.41, 5.74) is 1.07. The Bertz CT molecular complexity index is 385. The predicted molar refractivity (Wildman–Crippen MR) is 75.6 cm³/mol. The van der Waals surface area contributed by atoms with E-state index in [0.29, 0.717) is 6.42 Å². The number of hydrogen-bond acceptors (Lipinski definition) is 2. The number of benzene rings is 1. The summed E-state index contributed by atoms with van der Waals surface area (Å²) >= 11 is 0. The van der Waals surface area contributed by atoms with E-state index < -0.39 is 0 Å². The number of amides is 1. The molecule has 104 valence electrons. The number of aliphatic hydroxyl groups excluding tert-OH is 1.